The Morgan fingerprint density at radius 2 is 1.95 bits per heavy atom. The first-order valence-corrected chi connectivity index (χ1v) is 7.82. The lowest BCUT2D eigenvalue weighted by Crippen LogP contribution is -2.36. The first kappa shape index (κ1) is 13.0. The summed E-state index contributed by atoms with van der Waals surface area (Å²) in [5, 5.41) is 13.8. The fourth-order valence-corrected chi connectivity index (χ4v) is 3.81. The van der Waals surface area contributed by atoms with Gasteiger partial charge in [0.05, 0.1) is 0 Å². The van der Waals surface area contributed by atoms with Crippen LogP contribution >= 0.6 is 0 Å². The van der Waals surface area contributed by atoms with Crippen molar-refractivity contribution in [3.05, 3.63) is 29.3 Å². The minimum absolute atomic E-state index is 0.452. The maximum absolute atomic E-state index is 9.92. The summed E-state index contributed by atoms with van der Waals surface area (Å²) in [4.78, 5) is 0. The Morgan fingerprint density at radius 1 is 1.11 bits per heavy atom. The van der Waals surface area contributed by atoms with Crippen molar-refractivity contribution in [2.24, 2.45) is 5.92 Å². The number of nitrogens with one attached hydrogen (secondary N) is 1. The molecular formula is C17H25NO. The lowest BCUT2D eigenvalue weighted by molar-refractivity contribution is 0.321. The molecule has 1 saturated carbocycles. The third-order valence-corrected chi connectivity index (χ3v) is 5.02. The zero-order valence-corrected chi connectivity index (χ0v) is 11.9. The number of phenols is 1. The van der Waals surface area contributed by atoms with Crippen LogP contribution in [0.1, 0.15) is 62.6 Å². The summed E-state index contributed by atoms with van der Waals surface area (Å²) in [6.07, 6.45) is 8.97. The van der Waals surface area contributed by atoms with E-state index in [4.69, 9.17) is 0 Å². The summed E-state index contributed by atoms with van der Waals surface area (Å²) in [6, 6.07) is 7.08. The molecule has 2 nitrogen and oxygen atoms in total. The molecule has 0 heterocycles. The fraction of sp³-hybridized carbons (Fsp3) is 0.647. The van der Waals surface area contributed by atoms with Crippen LogP contribution in [0.25, 0.3) is 0 Å². The van der Waals surface area contributed by atoms with Crippen LogP contribution in [0.5, 0.6) is 5.75 Å². The van der Waals surface area contributed by atoms with Crippen molar-refractivity contribution in [3.8, 4) is 5.75 Å². The summed E-state index contributed by atoms with van der Waals surface area (Å²) >= 11 is 0. The number of hydrogen-bond acceptors (Lipinski definition) is 2. The van der Waals surface area contributed by atoms with E-state index in [1.54, 1.807) is 0 Å². The lowest BCUT2D eigenvalue weighted by Gasteiger charge is -2.27. The van der Waals surface area contributed by atoms with Gasteiger partial charge < -0.3 is 10.4 Å². The van der Waals surface area contributed by atoms with E-state index in [1.807, 2.05) is 12.1 Å². The minimum atomic E-state index is 0.452. The van der Waals surface area contributed by atoms with Crippen molar-refractivity contribution in [1.82, 2.24) is 5.32 Å². The second-order valence-corrected chi connectivity index (χ2v) is 6.32. The molecule has 0 saturated heterocycles. The van der Waals surface area contributed by atoms with E-state index < -0.39 is 0 Å². The van der Waals surface area contributed by atoms with Crippen LogP contribution in [0.2, 0.25) is 0 Å². The van der Waals surface area contributed by atoms with Gasteiger partial charge in [0.15, 0.2) is 0 Å². The van der Waals surface area contributed by atoms with Gasteiger partial charge in [0, 0.05) is 12.1 Å². The smallest absolute Gasteiger partial charge is 0.119 e. The van der Waals surface area contributed by atoms with Crippen molar-refractivity contribution in [2.75, 3.05) is 0 Å². The zero-order valence-electron chi connectivity index (χ0n) is 11.9. The van der Waals surface area contributed by atoms with E-state index in [1.165, 1.54) is 43.2 Å². The molecular weight excluding hydrogens is 234 g/mol. The molecule has 1 aromatic rings. The Balaban J connectivity index is 1.73. The highest BCUT2D eigenvalue weighted by atomic mass is 16.3. The number of phenolic OH excluding ortho intramolecular Hbond substituents is 1. The number of hydrogen-bond donors (Lipinski definition) is 2. The van der Waals surface area contributed by atoms with Gasteiger partial charge in [-0.3, -0.25) is 0 Å². The molecule has 0 amide bonds. The predicted octanol–water partition coefficient (Wildman–Crippen LogP) is 3.94. The van der Waals surface area contributed by atoms with Crippen molar-refractivity contribution < 1.29 is 5.11 Å². The molecule has 3 atom stereocenters. The van der Waals surface area contributed by atoms with Gasteiger partial charge in [0.2, 0.25) is 0 Å². The molecule has 2 heteroatoms. The maximum Gasteiger partial charge on any atom is 0.119 e. The molecule has 1 aromatic carbocycles. The van der Waals surface area contributed by atoms with Gasteiger partial charge in [-0.2, -0.15) is 0 Å². The Morgan fingerprint density at radius 3 is 2.84 bits per heavy atom. The van der Waals surface area contributed by atoms with Crippen molar-refractivity contribution in [2.45, 2.75) is 64.0 Å². The fourth-order valence-electron chi connectivity index (χ4n) is 3.81. The number of rotatable bonds is 2. The van der Waals surface area contributed by atoms with Crippen LogP contribution in [0, 0.1) is 5.92 Å². The number of fused-ring (bicyclic) bond motifs is 1. The van der Waals surface area contributed by atoms with E-state index >= 15 is 0 Å². The summed E-state index contributed by atoms with van der Waals surface area (Å²) in [5.74, 6) is 1.26. The first-order chi connectivity index (χ1) is 9.25. The lowest BCUT2D eigenvalue weighted by atomic mass is 9.95. The Kier molecular flexibility index (Phi) is 3.79. The molecule has 0 bridgehead atoms. The van der Waals surface area contributed by atoms with E-state index in [0.717, 1.165) is 18.8 Å². The predicted molar refractivity (Wildman–Crippen MR) is 78.3 cm³/mol. The monoisotopic (exact) mass is 259 g/mol. The summed E-state index contributed by atoms with van der Waals surface area (Å²) < 4.78 is 0. The average molecular weight is 259 g/mol. The average Bonchev–Trinajstić information content (AvgIpc) is 2.70. The molecule has 3 unspecified atom stereocenters. The standard InChI is InChI=1S/C17H25NO/c1-12-6-3-2-4-8-15(12)18-16-11-10-14-13(16)7-5-9-17(14)19/h5,7,9,12,15-16,18-19H,2-4,6,8,10-11H2,1H3. The maximum atomic E-state index is 9.92. The topological polar surface area (TPSA) is 32.3 Å². The van der Waals surface area contributed by atoms with E-state index in [0.29, 0.717) is 17.8 Å². The molecule has 2 N–H and O–H groups in total. The molecule has 104 valence electrons. The van der Waals surface area contributed by atoms with Crippen molar-refractivity contribution in [1.29, 1.82) is 0 Å². The van der Waals surface area contributed by atoms with Crippen LogP contribution in [0.3, 0.4) is 0 Å². The second kappa shape index (κ2) is 5.54. The van der Waals surface area contributed by atoms with E-state index in [-0.39, 0.29) is 0 Å². The minimum Gasteiger partial charge on any atom is -0.508 e. The van der Waals surface area contributed by atoms with Gasteiger partial charge >= 0.3 is 0 Å². The summed E-state index contributed by atoms with van der Waals surface area (Å²) in [7, 11) is 0. The first-order valence-electron chi connectivity index (χ1n) is 7.82. The Hall–Kier alpha value is -1.02. The second-order valence-electron chi connectivity index (χ2n) is 6.32. The van der Waals surface area contributed by atoms with Gasteiger partial charge in [-0.1, -0.05) is 38.3 Å². The highest BCUT2D eigenvalue weighted by Crippen LogP contribution is 2.37. The van der Waals surface area contributed by atoms with Crippen LogP contribution in [0.4, 0.5) is 0 Å². The molecule has 0 aromatic heterocycles. The van der Waals surface area contributed by atoms with E-state index in [2.05, 4.69) is 18.3 Å². The Bertz CT molecular complexity index is 443. The highest BCUT2D eigenvalue weighted by Gasteiger charge is 2.28. The van der Waals surface area contributed by atoms with Gasteiger partial charge in [0.1, 0.15) is 5.75 Å². The van der Waals surface area contributed by atoms with Crippen molar-refractivity contribution >= 4 is 0 Å². The van der Waals surface area contributed by atoms with Crippen LogP contribution in [-0.4, -0.2) is 11.1 Å². The summed E-state index contributed by atoms with van der Waals surface area (Å²) in [5.41, 5.74) is 2.50. The van der Waals surface area contributed by atoms with Crippen molar-refractivity contribution in [3.63, 3.8) is 0 Å². The number of benzene rings is 1. The molecule has 1 fully saturated rings. The van der Waals surface area contributed by atoms with Crippen LogP contribution in [0.15, 0.2) is 18.2 Å². The molecule has 3 rings (SSSR count). The molecule has 0 aliphatic heterocycles. The Labute approximate surface area is 116 Å². The molecule has 2 aliphatic rings. The van der Waals surface area contributed by atoms with Crippen LogP contribution < -0.4 is 5.32 Å². The normalized spacial score (nSPS) is 30.9. The third-order valence-electron chi connectivity index (χ3n) is 5.02. The molecule has 0 radical (unpaired) electrons. The molecule has 0 spiro atoms. The van der Waals surface area contributed by atoms with Crippen LogP contribution in [-0.2, 0) is 6.42 Å². The van der Waals surface area contributed by atoms with Gasteiger partial charge in [0.25, 0.3) is 0 Å². The SMILES string of the molecule is CC1CCCCCC1NC1CCc2c(O)cccc21. The van der Waals surface area contributed by atoms with Gasteiger partial charge in [-0.05, 0) is 48.8 Å². The van der Waals surface area contributed by atoms with Gasteiger partial charge in [-0.25, -0.2) is 0 Å². The highest BCUT2D eigenvalue weighted by molar-refractivity contribution is 5.44. The largest absolute Gasteiger partial charge is 0.508 e. The third kappa shape index (κ3) is 2.64. The number of aromatic hydroxyl groups is 1. The van der Waals surface area contributed by atoms with E-state index in [9.17, 15) is 5.11 Å². The zero-order chi connectivity index (χ0) is 13.2. The summed E-state index contributed by atoms with van der Waals surface area (Å²) in [6.45, 7) is 2.39. The molecule has 2 aliphatic carbocycles. The van der Waals surface area contributed by atoms with Gasteiger partial charge in [-0.15, -0.1) is 0 Å². The molecule has 19 heavy (non-hydrogen) atoms. The quantitative estimate of drug-likeness (QED) is 0.789.